The van der Waals surface area contributed by atoms with Gasteiger partial charge in [-0.15, -0.1) is 6.58 Å². The van der Waals surface area contributed by atoms with Crippen LogP contribution in [0.3, 0.4) is 0 Å². The molecular formula is C8H13FO. The lowest BCUT2D eigenvalue weighted by Gasteiger charge is -2.10. The number of hydrogen-bond donors (Lipinski definition) is 1. The highest BCUT2D eigenvalue weighted by molar-refractivity contribution is 4.99. The third-order valence-corrected chi connectivity index (χ3v) is 1.29. The van der Waals surface area contributed by atoms with Gasteiger partial charge in [-0.3, -0.25) is 0 Å². The summed E-state index contributed by atoms with van der Waals surface area (Å²) in [7, 11) is 0. The molecule has 0 radical (unpaired) electrons. The number of allylic oxidation sites excluding steroid dienone is 1. The Bertz CT molecular complexity index is 129. The van der Waals surface area contributed by atoms with Crippen LogP contribution >= 0.6 is 0 Å². The molecule has 0 aliphatic rings. The molecule has 2 unspecified atom stereocenters. The molecule has 1 N–H and O–H groups in total. The van der Waals surface area contributed by atoms with Gasteiger partial charge in [0.2, 0.25) is 0 Å². The molecule has 0 heterocycles. The van der Waals surface area contributed by atoms with Gasteiger partial charge in [0.15, 0.2) is 0 Å². The van der Waals surface area contributed by atoms with Gasteiger partial charge in [-0.25, -0.2) is 4.39 Å². The van der Waals surface area contributed by atoms with Crippen molar-refractivity contribution in [1.29, 1.82) is 0 Å². The van der Waals surface area contributed by atoms with Gasteiger partial charge in [0.1, 0.15) is 0 Å². The predicted octanol–water partition coefficient (Wildman–Crippen LogP) is 2.61. The fourth-order valence-corrected chi connectivity index (χ4v) is 0.718. The van der Waals surface area contributed by atoms with Crippen LogP contribution in [0.1, 0.15) is 13.3 Å². The number of aliphatic hydroxyl groups is 1. The van der Waals surface area contributed by atoms with Gasteiger partial charge < -0.3 is 5.11 Å². The van der Waals surface area contributed by atoms with Crippen LogP contribution in [0.15, 0.2) is 25.0 Å². The second-order valence-electron chi connectivity index (χ2n) is 2.35. The van der Waals surface area contributed by atoms with Gasteiger partial charge in [-0.2, -0.15) is 0 Å². The maximum atomic E-state index is 12.3. The standard InChI is InChI=1S/C8H13FO/c1-4-8(7(3)10)5-6(2)9/h4,6,8,10H,1,3,5H2,2H3. The molecule has 0 fully saturated rings. The summed E-state index contributed by atoms with van der Waals surface area (Å²) in [6.07, 6.45) is 0.837. The first-order valence-electron chi connectivity index (χ1n) is 3.22. The highest BCUT2D eigenvalue weighted by Crippen LogP contribution is 2.15. The van der Waals surface area contributed by atoms with Crippen molar-refractivity contribution >= 4 is 0 Å². The van der Waals surface area contributed by atoms with Crippen molar-refractivity contribution in [3.8, 4) is 0 Å². The van der Waals surface area contributed by atoms with Crippen molar-refractivity contribution in [2.24, 2.45) is 5.92 Å². The first kappa shape index (κ1) is 9.21. The van der Waals surface area contributed by atoms with Crippen LogP contribution in [0.25, 0.3) is 0 Å². The lowest BCUT2D eigenvalue weighted by molar-refractivity contribution is 0.279. The quantitative estimate of drug-likeness (QED) is 0.475. The van der Waals surface area contributed by atoms with E-state index in [9.17, 15) is 4.39 Å². The Labute approximate surface area is 60.9 Å². The highest BCUT2D eigenvalue weighted by atomic mass is 19.1. The SMILES string of the molecule is C=CC(CC(C)F)C(=C)O. The van der Waals surface area contributed by atoms with Gasteiger partial charge in [-0.1, -0.05) is 12.7 Å². The Morgan fingerprint density at radius 1 is 1.80 bits per heavy atom. The smallest absolute Gasteiger partial charge is 0.0983 e. The van der Waals surface area contributed by atoms with E-state index >= 15 is 0 Å². The zero-order valence-corrected chi connectivity index (χ0v) is 6.18. The number of alkyl halides is 1. The Morgan fingerprint density at radius 2 is 2.30 bits per heavy atom. The molecule has 0 aromatic carbocycles. The van der Waals surface area contributed by atoms with Crippen LogP contribution in [0, 0.1) is 5.92 Å². The molecule has 0 aliphatic heterocycles. The number of hydrogen-bond acceptors (Lipinski definition) is 1. The third kappa shape index (κ3) is 3.28. The third-order valence-electron chi connectivity index (χ3n) is 1.29. The molecule has 2 atom stereocenters. The Hall–Kier alpha value is -0.790. The first-order chi connectivity index (χ1) is 4.57. The summed E-state index contributed by atoms with van der Waals surface area (Å²) in [5, 5.41) is 8.83. The summed E-state index contributed by atoms with van der Waals surface area (Å²) in [5.41, 5.74) is 0. The van der Waals surface area contributed by atoms with E-state index in [1.165, 1.54) is 13.0 Å². The molecule has 0 saturated carbocycles. The summed E-state index contributed by atoms with van der Waals surface area (Å²) >= 11 is 0. The molecule has 0 aromatic rings. The molecule has 1 nitrogen and oxygen atoms in total. The molecule has 58 valence electrons. The maximum absolute atomic E-state index is 12.3. The minimum absolute atomic E-state index is 0.0144. The van der Waals surface area contributed by atoms with Crippen molar-refractivity contribution in [2.75, 3.05) is 0 Å². The summed E-state index contributed by atoms with van der Waals surface area (Å²) in [5.74, 6) is -0.320. The van der Waals surface area contributed by atoms with Crippen LogP contribution in [-0.4, -0.2) is 11.3 Å². The normalized spacial score (nSPS) is 15.8. The highest BCUT2D eigenvalue weighted by Gasteiger charge is 2.10. The summed E-state index contributed by atoms with van der Waals surface area (Å²) < 4.78 is 12.3. The second-order valence-corrected chi connectivity index (χ2v) is 2.35. The van der Waals surface area contributed by atoms with E-state index in [1.54, 1.807) is 0 Å². The fourth-order valence-electron chi connectivity index (χ4n) is 0.718. The van der Waals surface area contributed by atoms with Crippen molar-refractivity contribution in [3.63, 3.8) is 0 Å². The molecule has 0 aliphatic carbocycles. The van der Waals surface area contributed by atoms with Crippen molar-refractivity contribution in [2.45, 2.75) is 19.5 Å². The van der Waals surface area contributed by atoms with Crippen molar-refractivity contribution < 1.29 is 9.50 Å². The number of halogens is 1. The lowest BCUT2D eigenvalue weighted by Crippen LogP contribution is -2.05. The lowest BCUT2D eigenvalue weighted by atomic mass is 10.0. The van der Waals surface area contributed by atoms with E-state index in [0.717, 1.165) is 0 Å². The van der Waals surface area contributed by atoms with Crippen molar-refractivity contribution in [1.82, 2.24) is 0 Å². The molecule has 0 bridgehead atoms. The van der Waals surface area contributed by atoms with E-state index in [1.807, 2.05) is 0 Å². The zero-order chi connectivity index (χ0) is 8.15. The number of rotatable bonds is 4. The van der Waals surface area contributed by atoms with E-state index in [-0.39, 0.29) is 18.1 Å². The predicted molar refractivity (Wildman–Crippen MR) is 40.6 cm³/mol. The Balaban J connectivity index is 3.83. The van der Waals surface area contributed by atoms with Crippen LogP contribution in [0.5, 0.6) is 0 Å². The molecule has 2 heteroatoms. The largest absolute Gasteiger partial charge is 0.512 e. The topological polar surface area (TPSA) is 20.2 Å². The molecule has 10 heavy (non-hydrogen) atoms. The van der Waals surface area contributed by atoms with E-state index in [0.29, 0.717) is 0 Å². The van der Waals surface area contributed by atoms with E-state index < -0.39 is 6.17 Å². The van der Waals surface area contributed by atoms with Crippen LogP contribution < -0.4 is 0 Å². The number of aliphatic hydroxyl groups excluding tert-OH is 1. The molecule has 0 aromatic heterocycles. The minimum atomic E-state index is -0.924. The van der Waals surface area contributed by atoms with Gasteiger partial charge in [0.25, 0.3) is 0 Å². The molecular weight excluding hydrogens is 131 g/mol. The van der Waals surface area contributed by atoms with Gasteiger partial charge in [0.05, 0.1) is 11.9 Å². The molecule has 0 saturated heterocycles. The van der Waals surface area contributed by atoms with E-state index in [4.69, 9.17) is 5.11 Å². The van der Waals surface area contributed by atoms with Gasteiger partial charge in [-0.05, 0) is 13.3 Å². The monoisotopic (exact) mass is 144 g/mol. The van der Waals surface area contributed by atoms with Crippen LogP contribution in [-0.2, 0) is 0 Å². The average Bonchev–Trinajstić information content (AvgIpc) is 1.81. The van der Waals surface area contributed by atoms with Gasteiger partial charge >= 0.3 is 0 Å². The average molecular weight is 144 g/mol. The molecule has 0 amide bonds. The maximum Gasteiger partial charge on any atom is 0.0983 e. The van der Waals surface area contributed by atoms with Crippen molar-refractivity contribution in [3.05, 3.63) is 25.0 Å². The fraction of sp³-hybridized carbons (Fsp3) is 0.500. The van der Waals surface area contributed by atoms with Crippen LogP contribution in [0.4, 0.5) is 4.39 Å². The first-order valence-corrected chi connectivity index (χ1v) is 3.22. The minimum Gasteiger partial charge on any atom is -0.512 e. The summed E-state index contributed by atoms with van der Waals surface area (Å²) in [4.78, 5) is 0. The second kappa shape index (κ2) is 4.09. The van der Waals surface area contributed by atoms with Crippen LogP contribution in [0.2, 0.25) is 0 Å². The Morgan fingerprint density at radius 3 is 2.40 bits per heavy atom. The zero-order valence-electron chi connectivity index (χ0n) is 6.18. The van der Waals surface area contributed by atoms with Gasteiger partial charge in [0, 0.05) is 5.92 Å². The Kier molecular flexibility index (Phi) is 3.77. The molecule has 0 spiro atoms. The molecule has 0 rings (SSSR count). The summed E-state index contributed by atoms with van der Waals surface area (Å²) in [6, 6.07) is 0. The summed E-state index contributed by atoms with van der Waals surface area (Å²) in [6.45, 7) is 8.19. The van der Waals surface area contributed by atoms with E-state index in [2.05, 4.69) is 13.2 Å².